The van der Waals surface area contributed by atoms with Crippen LogP contribution in [-0.2, 0) is 4.79 Å². The molecule has 4 nitrogen and oxygen atoms in total. The predicted molar refractivity (Wildman–Crippen MR) is 59.5 cm³/mol. The highest BCUT2D eigenvalue weighted by Crippen LogP contribution is 2.06. The van der Waals surface area contributed by atoms with Crippen LogP contribution in [0.1, 0.15) is 26.2 Å². The van der Waals surface area contributed by atoms with Crippen molar-refractivity contribution in [1.29, 1.82) is 0 Å². The number of nitrogens with two attached hydrogens (primary N) is 1. The second kappa shape index (κ2) is 7.04. The number of halogens is 1. The molecule has 1 amide bonds. The number of piperidine rings is 1. The van der Waals surface area contributed by atoms with E-state index in [1.807, 2.05) is 6.92 Å². The minimum Gasteiger partial charge on any atom is -0.351 e. The Kier molecular flexibility index (Phi) is 6.87. The molecule has 1 heterocycles. The minimum absolute atomic E-state index is 0. The Balaban J connectivity index is 0.00000169. The number of carbonyl (C=O) groups is 1. The van der Waals surface area contributed by atoms with Gasteiger partial charge >= 0.3 is 0 Å². The summed E-state index contributed by atoms with van der Waals surface area (Å²) in [6, 6.07) is 0.0824. The van der Waals surface area contributed by atoms with Gasteiger partial charge in [0.25, 0.3) is 0 Å². The van der Waals surface area contributed by atoms with Crippen molar-refractivity contribution in [3.8, 4) is 0 Å². The molecule has 1 saturated heterocycles. The molecule has 0 radical (unpaired) electrons. The van der Waals surface area contributed by atoms with Crippen LogP contribution < -0.4 is 16.4 Å². The van der Waals surface area contributed by atoms with Crippen molar-refractivity contribution in [3.63, 3.8) is 0 Å². The Hall–Kier alpha value is -0.320. The fraction of sp³-hybridized carbons (Fsp3) is 0.889. The highest BCUT2D eigenvalue weighted by molar-refractivity contribution is 5.85. The normalized spacial score (nSPS) is 23.4. The minimum atomic E-state index is 0. The molecule has 84 valence electrons. The van der Waals surface area contributed by atoms with Crippen molar-refractivity contribution in [2.45, 2.75) is 38.3 Å². The first-order valence-corrected chi connectivity index (χ1v) is 4.98. The van der Waals surface area contributed by atoms with Crippen LogP contribution in [0.2, 0.25) is 0 Å². The van der Waals surface area contributed by atoms with E-state index in [2.05, 4.69) is 10.6 Å². The monoisotopic (exact) mass is 221 g/mol. The van der Waals surface area contributed by atoms with Crippen LogP contribution in [0.5, 0.6) is 0 Å². The molecule has 0 spiro atoms. The van der Waals surface area contributed by atoms with Gasteiger partial charge in [-0.1, -0.05) is 6.42 Å². The molecule has 1 rings (SSSR count). The van der Waals surface area contributed by atoms with E-state index in [-0.39, 0.29) is 30.4 Å². The third kappa shape index (κ3) is 4.26. The van der Waals surface area contributed by atoms with Gasteiger partial charge in [0.1, 0.15) is 0 Å². The van der Waals surface area contributed by atoms with Gasteiger partial charge in [-0.25, -0.2) is 0 Å². The largest absolute Gasteiger partial charge is 0.351 e. The van der Waals surface area contributed by atoms with Gasteiger partial charge < -0.3 is 16.4 Å². The number of carbonyl (C=O) groups excluding carboxylic acids is 1. The Labute approximate surface area is 91.4 Å². The molecule has 0 aromatic rings. The summed E-state index contributed by atoms with van der Waals surface area (Å²) in [7, 11) is 0. The fourth-order valence-corrected chi connectivity index (χ4v) is 1.48. The van der Waals surface area contributed by atoms with Crippen LogP contribution in [-0.4, -0.2) is 31.1 Å². The molecule has 0 saturated carbocycles. The summed E-state index contributed by atoms with van der Waals surface area (Å²) in [6.07, 6.45) is 3.27. The van der Waals surface area contributed by atoms with Crippen LogP contribution in [0, 0.1) is 0 Å². The van der Waals surface area contributed by atoms with Crippen LogP contribution in [0.3, 0.4) is 0 Å². The molecule has 2 atom stereocenters. The lowest BCUT2D eigenvalue weighted by atomic mass is 10.0. The summed E-state index contributed by atoms with van der Waals surface area (Å²) in [5, 5.41) is 6.07. The second-order valence-electron chi connectivity index (χ2n) is 3.65. The maximum Gasteiger partial charge on any atom is 0.237 e. The van der Waals surface area contributed by atoms with Gasteiger partial charge in [-0.05, 0) is 26.3 Å². The van der Waals surface area contributed by atoms with E-state index in [0.717, 1.165) is 19.4 Å². The van der Waals surface area contributed by atoms with Crippen LogP contribution in [0.25, 0.3) is 0 Å². The van der Waals surface area contributed by atoms with Gasteiger partial charge in [0.2, 0.25) is 5.91 Å². The molecule has 0 unspecified atom stereocenters. The van der Waals surface area contributed by atoms with E-state index >= 15 is 0 Å². The third-order valence-electron chi connectivity index (χ3n) is 2.37. The Bertz CT molecular complexity index is 171. The summed E-state index contributed by atoms with van der Waals surface area (Å²) in [5.74, 6) is 0.0950. The maximum atomic E-state index is 11.5. The highest BCUT2D eigenvalue weighted by atomic mass is 35.5. The average Bonchev–Trinajstić information content (AvgIpc) is 2.19. The molecule has 1 aliphatic heterocycles. The summed E-state index contributed by atoms with van der Waals surface area (Å²) in [5.41, 5.74) is 5.41. The zero-order chi connectivity index (χ0) is 9.68. The summed E-state index contributed by atoms with van der Waals surface area (Å²) >= 11 is 0. The molecular weight excluding hydrogens is 202 g/mol. The summed E-state index contributed by atoms with van der Waals surface area (Å²) < 4.78 is 0. The molecule has 0 aromatic carbocycles. The summed E-state index contributed by atoms with van der Waals surface area (Å²) in [6.45, 7) is 3.37. The van der Waals surface area contributed by atoms with Crippen molar-refractivity contribution in [2.24, 2.45) is 5.73 Å². The van der Waals surface area contributed by atoms with Crippen LogP contribution in [0.4, 0.5) is 0 Å². The van der Waals surface area contributed by atoms with Gasteiger partial charge in [0.05, 0.1) is 6.04 Å². The molecule has 1 fully saturated rings. The van der Waals surface area contributed by atoms with Crippen molar-refractivity contribution in [2.75, 3.05) is 13.1 Å². The predicted octanol–water partition coefficient (Wildman–Crippen LogP) is 0.0137. The van der Waals surface area contributed by atoms with E-state index < -0.39 is 0 Å². The number of amides is 1. The number of rotatable bonds is 3. The molecule has 5 heteroatoms. The highest BCUT2D eigenvalue weighted by Gasteiger charge is 2.20. The van der Waals surface area contributed by atoms with E-state index in [1.165, 1.54) is 6.42 Å². The third-order valence-corrected chi connectivity index (χ3v) is 2.37. The van der Waals surface area contributed by atoms with E-state index in [9.17, 15) is 4.79 Å². The fourth-order valence-electron chi connectivity index (χ4n) is 1.48. The average molecular weight is 222 g/mol. The van der Waals surface area contributed by atoms with Gasteiger partial charge in [0.15, 0.2) is 0 Å². The van der Waals surface area contributed by atoms with Crippen molar-refractivity contribution >= 4 is 18.3 Å². The smallest absolute Gasteiger partial charge is 0.237 e. The summed E-state index contributed by atoms with van der Waals surface area (Å²) in [4.78, 5) is 11.5. The first-order valence-electron chi connectivity index (χ1n) is 4.98. The van der Waals surface area contributed by atoms with Crippen LogP contribution in [0.15, 0.2) is 0 Å². The lowest BCUT2D eigenvalue weighted by Crippen LogP contribution is -2.50. The van der Waals surface area contributed by atoms with Gasteiger partial charge in [-0.3, -0.25) is 4.79 Å². The molecule has 0 aromatic heterocycles. The zero-order valence-corrected chi connectivity index (χ0v) is 9.40. The van der Waals surface area contributed by atoms with E-state index in [4.69, 9.17) is 5.73 Å². The first-order chi connectivity index (χ1) is 6.24. The lowest BCUT2D eigenvalue weighted by molar-refractivity contribution is -0.124. The quantitative estimate of drug-likeness (QED) is 0.629. The molecule has 14 heavy (non-hydrogen) atoms. The molecule has 0 bridgehead atoms. The first kappa shape index (κ1) is 13.7. The molecule has 1 aliphatic rings. The van der Waals surface area contributed by atoms with E-state index in [0.29, 0.717) is 6.54 Å². The van der Waals surface area contributed by atoms with Crippen molar-refractivity contribution in [1.82, 2.24) is 10.6 Å². The van der Waals surface area contributed by atoms with Crippen molar-refractivity contribution in [3.05, 3.63) is 0 Å². The topological polar surface area (TPSA) is 67.1 Å². The van der Waals surface area contributed by atoms with E-state index in [1.54, 1.807) is 0 Å². The SMILES string of the molecule is C[C@@H](CN)NC(=O)[C@H]1CCCCN1.Cl. The van der Waals surface area contributed by atoms with Crippen LogP contribution >= 0.6 is 12.4 Å². The van der Waals surface area contributed by atoms with Gasteiger partial charge in [-0.15, -0.1) is 12.4 Å². The Morgan fingerprint density at radius 2 is 2.36 bits per heavy atom. The van der Waals surface area contributed by atoms with Crippen molar-refractivity contribution < 1.29 is 4.79 Å². The zero-order valence-electron chi connectivity index (χ0n) is 8.58. The standard InChI is InChI=1S/C9H19N3O.ClH/c1-7(6-10)12-9(13)8-4-2-3-5-11-8;/h7-8,11H,2-6,10H2,1H3,(H,12,13);1H/t7-,8+;/m0./s1. The number of nitrogens with one attached hydrogen (secondary N) is 2. The maximum absolute atomic E-state index is 11.5. The number of hydrogen-bond donors (Lipinski definition) is 3. The Morgan fingerprint density at radius 3 is 2.86 bits per heavy atom. The second-order valence-corrected chi connectivity index (χ2v) is 3.65. The number of hydrogen-bond acceptors (Lipinski definition) is 3. The lowest BCUT2D eigenvalue weighted by Gasteiger charge is -2.24. The van der Waals surface area contributed by atoms with Gasteiger partial charge in [-0.2, -0.15) is 0 Å². The van der Waals surface area contributed by atoms with Gasteiger partial charge in [0, 0.05) is 12.6 Å². The Morgan fingerprint density at radius 1 is 1.64 bits per heavy atom. The molecular formula is C9H20ClN3O. The molecule has 0 aliphatic carbocycles. The molecule has 4 N–H and O–H groups in total.